The average Bonchev–Trinajstić information content (AvgIpc) is 2.99. The highest BCUT2D eigenvalue weighted by molar-refractivity contribution is 5.94. The third kappa shape index (κ3) is 2.76. The summed E-state index contributed by atoms with van der Waals surface area (Å²) in [7, 11) is 0. The SMILES string of the molecule is O=C(O)C1Cc2nc[nH]c2CN1C(=O)/C=C/c1ccccc1. The Balaban J connectivity index is 1.81. The maximum absolute atomic E-state index is 12.4. The van der Waals surface area contributed by atoms with Crippen LogP contribution in [0, 0.1) is 0 Å². The molecule has 1 aliphatic rings. The van der Waals surface area contributed by atoms with Crippen molar-refractivity contribution in [1.29, 1.82) is 0 Å². The topological polar surface area (TPSA) is 86.3 Å². The molecule has 0 spiro atoms. The molecule has 1 atom stereocenters. The van der Waals surface area contributed by atoms with Crippen LogP contribution in [0.1, 0.15) is 17.0 Å². The van der Waals surface area contributed by atoms with Gasteiger partial charge in [0.1, 0.15) is 6.04 Å². The Kier molecular flexibility index (Phi) is 3.74. The summed E-state index contributed by atoms with van der Waals surface area (Å²) in [6, 6.07) is 8.51. The van der Waals surface area contributed by atoms with Gasteiger partial charge in [0, 0.05) is 12.5 Å². The number of fused-ring (bicyclic) bond motifs is 1. The lowest BCUT2D eigenvalue weighted by Crippen LogP contribution is -2.48. The minimum atomic E-state index is -1.02. The van der Waals surface area contributed by atoms with Gasteiger partial charge in [-0.25, -0.2) is 9.78 Å². The van der Waals surface area contributed by atoms with E-state index in [-0.39, 0.29) is 18.9 Å². The third-order valence-corrected chi connectivity index (χ3v) is 3.68. The van der Waals surface area contributed by atoms with E-state index in [0.717, 1.165) is 11.3 Å². The molecule has 0 saturated heterocycles. The van der Waals surface area contributed by atoms with Gasteiger partial charge < -0.3 is 15.0 Å². The molecular weight excluding hydrogens is 282 g/mol. The first-order valence-corrected chi connectivity index (χ1v) is 6.93. The summed E-state index contributed by atoms with van der Waals surface area (Å²) in [6.07, 6.45) is 4.84. The Bertz CT molecular complexity index is 721. The summed E-state index contributed by atoms with van der Waals surface area (Å²) >= 11 is 0. The summed E-state index contributed by atoms with van der Waals surface area (Å²) in [5.41, 5.74) is 2.39. The van der Waals surface area contributed by atoms with Crippen molar-refractivity contribution < 1.29 is 14.7 Å². The molecule has 0 bridgehead atoms. The molecule has 1 aromatic heterocycles. The Morgan fingerprint density at radius 2 is 2.09 bits per heavy atom. The van der Waals surface area contributed by atoms with Gasteiger partial charge in [0.15, 0.2) is 0 Å². The van der Waals surface area contributed by atoms with E-state index in [1.807, 2.05) is 30.3 Å². The van der Waals surface area contributed by atoms with Crippen molar-refractivity contribution in [2.45, 2.75) is 19.0 Å². The number of aromatic amines is 1. The molecule has 2 aromatic rings. The Hall–Kier alpha value is -2.89. The van der Waals surface area contributed by atoms with Crippen molar-refractivity contribution in [2.24, 2.45) is 0 Å². The third-order valence-electron chi connectivity index (χ3n) is 3.68. The number of nitrogens with one attached hydrogen (secondary N) is 1. The molecule has 2 heterocycles. The maximum atomic E-state index is 12.4. The molecular formula is C16H15N3O3. The molecule has 0 radical (unpaired) electrons. The molecule has 22 heavy (non-hydrogen) atoms. The second-order valence-electron chi connectivity index (χ2n) is 5.10. The van der Waals surface area contributed by atoms with Crippen LogP contribution < -0.4 is 0 Å². The molecule has 0 aliphatic carbocycles. The summed E-state index contributed by atoms with van der Waals surface area (Å²) in [5, 5.41) is 9.35. The Morgan fingerprint density at radius 3 is 2.82 bits per heavy atom. The minimum absolute atomic E-state index is 0.221. The predicted molar refractivity (Wildman–Crippen MR) is 79.7 cm³/mol. The van der Waals surface area contributed by atoms with Crippen LogP contribution in [-0.4, -0.2) is 37.9 Å². The molecule has 1 aliphatic heterocycles. The van der Waals surface area contributed by atoms with E-state index < -0.39 is 12.0 Å². The number of carboxylic acids is 1. The largest absolute Gasteiger partial charge is 0.480 e. The molecule has 1 amide bonds. The number of imidazole rings is 1. The fourth-order valence-electron chi connectivity index (χ4n) is 2.52. The number of hydrogen-bond donors (Lipinski definition) is 2. The number of carbonyl (C=O) groups is 2. The number of nitrogens with zero attached hydrogens (tertiary/aromatic N) is 2. The zero-order valence-corrected chi connectivity index (χ0v) is 11.8. The second kappa shape index (κ2) is 5.85. The van der Waals surface area contributed by atoms with Crippen molar-refractivity contribution in [3.8, 4) is 0 Å². The van der Waals surface area contributed by atoms with E-state index in [2.05, 4.69) is 9.97 Å². The number of carbonyl (C=O) groups excluding carboxylic acids is 1. The predicted octanol–water partition coefficient (Wildman–Crippen LogP) is 1.46. The lowest BCUT2D eigenvalue weighted by molar-refractivity contribution is -0.149. The van der Waals surface area contributed by atoms with Gasteiger partial charge in [0.25, 0.3) is 0 Å². The Morgan fingerprint density at radius 1 is 1.32 bits per heavy atom. The lowest BCUT2D eigenvalue weighted by Gasteiger charge is -2.31. The van der Waals surface area contributed by atoms with Gasteiger partial charge in [-0.3, -0.25) is 4.79 Å². The highest BCUT2D eigenvalue weighted by Gasteiger charge is 2.34. The van der Waals surface area contributed by atoms with Gasteiger partial charge >= 0.3 is 5.97 Å². The number of rotatable bonds is 3. The van der Waals surface area contributed by atoms with Gasteiger partial charge in [-0.1, -0.05) is 30.3 Å². The van der Waals surface area contributed by atoms with E-state index in [4.69, 9.17) is 0 Å². The summed E-state index contributed by atoms with van der Waals surface area (Å²) in [4.78, 5) is 32.2. The number of carboxylic acid groups (broad SMARTS) is 1. The van der Waals surface area contributed by atoms with Crippen LogP contribution >= 0.6 is 0 Å². The zero-order chi connectivity index (χ0) is 15.5. The van der Waals surface area contributed by atoms with E-state index in [1.54, 1.807) is 6.08 Å². The van der Waals surface area contributed by atoms with Crippen LogP contribution in [0.5, 0.6) is 0 Å². The first-order valence-electron chi connectivity index (χ1n) is 6.93. The van der Waals surface area contributed by atoms with Gasteiger partial charge in [-0.05, 0) is 11.6 Å². The summed E-state index contributed by atoms with van der Waals surface area (Å²) < 4.78 is 0. The maximum Gasteiger partial charge on any atom is 0.326 e. The van der Waals surface area contributed by atoms with Crippen LogP contribution in [0.25, 0.3) is 6.08 Å². The molecule has 1 aromatic carbocycles. The van der Waals surface area contributed by atoms with Gasteiger partial charge in [0.05, 0.1) is 24.3 Å². The fraction of sp³-hybridized carbons (Fsp3) is 0.188. The van der Waals surface area contributed by atoms with Gasteiger partial charge in [-0.2, -0.15) is 0 Å². The quantitative estimate of drug-likeness (QED) is 0.840. The van der Waals surface area contributed by atoms with Gasteiger partial charge in [-0.15, -0.1) is 0 Å². The molecule has 0 fully saturated rings. The number of hydrogen-bond acceptors (Lipinski definition) is 3. The van der Waals surface area contributed by atoms with E-state index >= 15 is 0 Å². The van der Waals surface area contributed by atoms with Crippen molar-refractivity contribution in [3.05, 3.63) is 59.7 Å². The highest BCUT2D eigenvalue weighted by atomic mass is 16.4. The smallest absolute Gasteiger partial charge is 0.326 e. The first kappa shape index (κ1) is 14.1. The van der Waals surface area contributed by atoms with Crippen molar-refractivity contribution in [2.75, 3.05) is 0 Å². The zero-order valence-electron chi connectivity index (χ0n) is 11.8. The van der Waals surface area contributed by atoms with Crippen LogP contribution in [0.2, 0.25) is 0 Å². The summed E-state index contributed by atoms with van der Waals surface area (Å²) in [5.74, 6) is -1.34. The number of aromatic nitrogens is 2. The van der Waals surface area contributed by atoms with E-state index in [1.165, 1.54) is 17.3 Å². The monoisotopic (exact) mass is 297 g/mol. The molecule has 112 valence electrons. The Labute approximate surface area is 127 Å². The number of amides is 1. The number of benzene rings is 1. The van der Waals surface area contributed by atoms with E-state index in [0.29, 0.717) is 5.69 Å². The molecule has 2 N–H and O–H groups in total. The fourth-order valence-corrected chi connectivity index (χ4v) is 2.52. The van der Waals surface area contributed by atoms with Crippen LogP contribution in [-0.2, 0) is 22.6 Å². The molecule has 1 unspecified atom stereocenters. The van der Waals surface area contributed by atoms with Crippen molar-refractivity contribution in [3.63, 3.8) is 0 Å². The first-order chi connectivity index (χ1) is 10.6. The van der Waals surface area contributed by atoms with Crippen LogP contribution in [0.4, 0.5) is 0 Å². The van der Waals surface area contributed by atoms with Crippen LogP contribution in [0.3, 0.4) is 0 Å². The number of H-pyrrole nitrogens is 1. The lowest BCUT2D eigenvalue weighted by atomic mass is 10.0. The van der Waals surface area contributed by atoms with Gasteiger partial charge in [0.2, 0.25) is 5.91 Å². The minimum Gasteiger partial charge on any atom is -0.480 e. The molecule has 6 nitrogen and oxygen atoms in total. The summed E-state index contributed by atoms with van der Waals surface area (Å²) in [6.45, 7) is 0.226. The van der Waals surface area contributed by atoms with Crippen molar-refractivity contribution >= 4 is 18.0 Å². The van der Waals surface area contributed by atoms with E-state index in [9.17, 15) is 14.7 Å². The molecule has 6 heteroatoms. The highest BCUT2D eigenvalue weighted by Crippen LogP contribution is 2.21. The van der Waals surface area contributed by atoms with Crippen LogP contribution in [0.15, 0.2) is 42.7 Å². The van der Waals surface area contributed by atoms with Crippen molar-refractivity contribution in [1.82, 2.24) is 14.9 Å². The normalized spacial score (nSPS) is 17.5. The average molecular weight is 297 g/mol. The second-order valence-corrected chi connectivity index (χ2v) is 5.10. The number of aliphatic carboxylic acids is 1. The standard InChI is InChI=1S/C16H15N3O3/c20-15(7-6-11-4-2-1-3-5-11)19-9-13-12(17-10-18-13)8-14(19)16(21)22/h1-7,10,14H,8-9H2,(H,17,18)(H,21,22)/b7-6+. The molecule has 3 rings (SSSR count). The molecule has 0 saturated carbocycles.